The van der Waals surface area contributed by atoms with E-state index in [1.807, 2.05) is 13.0 Å². The monoisotopic (exact) mass is 220 g/mol. The summed E-state index contributed by atoms with van der Waals surface area (Å²) in [6.45, 7) is 6.92. The van der Waals surface area contributed by atoms with E-state index >= 15 is 0 Å². The molecule has 0 amide bonds. The molecule has 0 fully saturated rings. The third kappa shape index (κ3) is 5.44. The lowest BCUT2D eigenvalue weighted by Gasteiger charge is -1.97. The van der Waals surface area contributed by atoms with Crippen LogP contribution in [0.4, 0.5) is 0 Å². The Hall–Kier alpha value is -1.44. The average Bonchev–Trinajstić information content (AvgIpc) is 2.22. The van der Waals surface area contributed by atoms with E-state index in [4.69, 9.17) is 0 Å². The summed E-state index contributed by atoms with van der Waals surface area (Å²) < 4.78 is 0. The van der Waals surface area contributed by atoms with Crippen molar-refractivity contribution >= 4 is 11.6 Å². The Morgan fingerprint density at radius 2 is 1.50 bits per heavy atom. The van der Waals surface area contributed by atoms with Crippen molar-refractivity contribution in [2.24, 2.45) is 0 Å². The summed E-state index contributed by atoms with van der Waals surface area (Å²) in [6, 6.07) is 0. The van der Waals surface area contributed by atoms with Crippen molar-refractivity contribution < 1.29 is 9.59 Å². The Bertz CT molecular complexity index is 344. The van der Waals surface area contributed by atoms with Crippen LogP contribution in [0.25, 0.3) is 0 Å². The predicted molar refractivity (Wildman–Crippen MR) is 67.3 cm³/mol. The van der Waals surface area contributed by atoms with Gasteiger partial charge in [-0.05, 0) is 27.2 Å². The number of allylic oxidation sites excluding steroid dienone is 6. The highest BCUT2D eigenvalue weighted by molar-refractivity contribution is 5.98. The van der Waals surface area contributed by atoms with Gasteiger partial charge in [0.15, 0.2) is 11.6 Å². The van der Waals surface area contributed by atoms with Gasteiger partial charge in [0.05, 0.1) is 0 Å². The molecule has 0 aromatic rings. The lowest BCUT2D eigenvalue weighted by molar-refractivity contribution is -0.114. The van der Waals surface area contributed by atoms with Gasteiger partial charge in [0.2, 0.25) is 0 Å². The van der Waals surface area contributed by atoms with Crippen molar-refractivity contribution in [1.29, 1.82) is 0 Å². The molecule has 0 N–H and O–H groups in total. The first-order chi connectivity index (χ1) is 7.52. The Labute approximate surface area is 97.7 Å². The van der Waals surface area contributed by atoms with Gasteiger partial charge in [0.1, 0.15) is 0 Å². The summed E-state index contributed by atoms with van der Waals surface area (Å²) in [7, 11) is 0. The lowest BCUT2D eigenvalue weighted by atomic mass is 10.1. The molecular weight excluding hydrogens is 200 g/mol. The molecule has 0 aromatic carbocycles. The zero-order chi connectivity index (χ0) is 12.6. The normalized spacial score (nSPS) is 13.2. The van der Waals surface area contributed by atoms with Gasteiger partial charge in [-0.15, -0.1) is 0 Å². The van der Waals surface area contributed by atoms with E-state index in [0.717, 1.165) is 12.8 Å². The van der Waals surface area contributed by atoms with E-state index < -0.39 is 0 Å². The zero-order valence-electron chi connectivity index (χ0n) is 10.5. The molecule has 0 bridgehead atoms. The number of ketones is 2. The Morgan fingerprint density at radius 1 is 1.00 bits per heavy atom. The van der Waals surface area contributed by atoms with Crippen LogP contribution < -0.4 is 0 Å². The number of rotatable bonds is 6. The fourth-order valence-electron chi connectivity index (χ4n) is 1.23. The molecule has 2 nitrogen and oxygen atoms in total. The van der Waals surface area contributed by atoms with E-state index in [9.17, 15) is 9.59 Å². The van der Waals surface area contributed by atoms with E-state index in [0.29, 0.717) is 11.1 Å². The second kappa shape index (κ2) is 7.80. The summed E-state index contributed by atoms with van der Waals surface area (Å²) in [5.41, 5.74) is 1.30. The Kier molecular flexibility index (Phi) is 7.10. The highest BCUT2D eigenvalue weighted by atomic mass is 16.1. The van der Waals surface area contributed by atoms with Crippen molar-refractivity contribution in [3.05, 3.63) is 35.5 Å². The predicted octanol–water partition coefficient (Wildman–Crippen LogP) is 3.39. The molecular formula is C14H20O2. The molecule has 88 valence electrons. The maximum absolute atomic E-state index is 11.3. The van der Waals surface area contributed by atoms with Crippen LogP contribution in [0, 0.1) is 0 Å². The molecule has 0 aromatic heterocycles. The minimum absolute atomic E-state index is 0.0112. The average molecular weight is 220 g/mol. The van der Waals surface area contributed by atoms with Crippen LogP contribution in [0.1, 0.15) is 40.5 Å². The van der Waals surface area contributed by atoms with Gasteiger partial charge in [0.25, 0.3) is 0 Å². The number of hydrogen-bond acceptors (Lipinski definition) is 2. The quantitative estimate of drug-likeness (QED) is 0.508. The number of unbranched alkanes of at least 4 members (excludes halogenated alkanes) is 1. The summed E-state index contributed by atoms with van der Waals surface area (Å²) in [6.07, 6.45) is 8.96. The Morgan fingerprint density at radius 3 is 1.88 bits per heavy atom. The molecule has 16 heavy (non-hydrogen) atoms. The van der Waals surface area contributed by atoms with E-state index in [-0.39, 0.29) is 11.6 Å². The van der Waals surface area contributed by atoms with Gasteiger partial charge in [-0.1, -0.05) is 37.6 Å². The molecule has 2 heteroatoms. The molecule has 0 aliphatic rings. The molecule has 0 saturated carbocycles. The zero-order valence-corrected chi connectivity index (χ0v) is 10.5. The van der Waals surface area contributed by atoms with Crippen LogP contribution in [0.3, 0.4) is 0 Å². The van der Waals surface area contributed by atoms with Gasteiger partial charge in [-0.25, -0.2) is 0 Å². The molecule has 0 spiro atoms. The highest BCUT2D eigenvalue weighted by Gasteiger charge is 2.01. The lowest BCUT2D eigenvalue weighted by Crippen LogP contribution is -1.96. The van der Waals surface area contributed by atoms with Gasteiger partial charge in [-0.2, -0.15) is 0 Å². The molecule has 0 heterocycles. The molecule has 0 aliphatic carbocycles. The van der Waals surface area contributed by atoms with Gasteiger partial charge < -0.3 is 0 Å². The summed E-state index contributed by atoms with van der Waals surface area (Å²) in [5, 5.41) is 0. The maximum Gasteiger partial charge on any atom is 0.159 e. The first kappa shape index (κ1) is 14.6. The summed E-state index contributed by atoms with van der Waals surface area (Å²) in [5.74, 6) is 0.0425. The van der Waals surface area contributed by atoms with E-state index in [1.165, 1.54) is 13.8 Å². The minimum Gasteiger partial charge on any atom is -0.295 e. The van der Waals surface area contributed by atoms with Crippen molar-refractivity contribution in [3.63, 3.8) is 0 Å². The fourth-order valence-corrected chi connectivity index (χ4v) is 1.23. The van der Waals surface area contributed by atoms with Crippen LogP contribution in [-0.4, -0.2) is 11.6 Å². The number of carbonyl (C=O) groups is 2. The molecule has 0 unspecified atom stereocenters. The van der Waals surface area contributed by atoms with Crippen molar-refractivity contribution in [3.8, 4) is 0 Å². The SMILES string of the molecule is C\C=C(/C=C\C(=C\CCC)C(C)=O)C(C)=O. The van der Waals surface area contributed by atoms with Crippen molar-refractivity contribution in [1.82, 2.24) is 0 Å². The highest BCUT2D eigenvalue weighted by Crippen LogP contribution is 2.06. The van der Waals surface area contributed by atoms with Gasteiger partial charge in [0, 0.05) is 11.1 Å². The van der Waals surface area contributed by atoms with Gasteiger partial charge in [-0.3, -0.25) is 9.59 Å². The first-order valence-corrected chi connectivity index (χ1v) is 5.59. The minimum atomic E-state index is 0.0112. The number of Topliss-reactive ketones (excluding diaryl/α,β-unsaturated/α-hetero) is 2. The second-order valence-corrected chi connectivity index (χ2v) is 3.64. The molecule has 0 atom stereocenters. The second-order valence-electron chi connectivity index (χ2n) is 3.64. The van der Waals surface area contributed by atoms with Crippen LogP contribution >= 0.6 is 0 Å². The number of carbonyl (C=O) groups excluding carboxylic acids is 2. The summed E-state index contributed by atoms with van der Waals surface area (Å²) in [4.78, 5) is 22.4. The molecule has 0 rings (SSSR count). The maximum atomic E-state index is 11.3. The smallest absolute Gasteiger partial charge is 0.159 e. The largest absolute Gasteiger partial charge is 0.295 e. The van der Waals surface area contributed by atoms with Crippen LogP contribution in [0.15, 0.2) is 35.5 Å². The van der Waals surface area contributed by atoms with Crippen LogP contribution in [0.2, 0.25) is 0 Å². The molecule has 0 aliphatic heterocycles. The topological polar surface area (TPSA) is 34.1 Å². The van der Waals surface area contributed by atoms with Crippen molar-refractivity contribution in [2.75, 3.05) is 0 Å². The fraction of sp³-hybridized carbons (Fsp3) is 0.429. The third-order valence-electron chi connectivity index (χ3n) is 2.22. The molecule has 0 saturated heterocycles. The first-order valence-electron chi connectivity index (χ1n) is 5.59. The summed E-state index contributed by atoms with van der Waals surface area (Å²) >= 11 is 0. The van der Waals surface area contributed by atoms with Crippen molar-refractivity contribution in [2.45, 2.75) is 40.5 Å². The third-order valence-corrected chi connectivity index (χ3v) is 2.22. The molecule has 0 radical (unpaired) electrons. The standard InChI is InChI=1S/C14H20O2/c1-5-7-8-14(12(4)16)10-9-13(6-2)11(3)15/h6,8-10H,5,7H2,1-4H3/b10-9-,13-6+,14-8-. The van der Waals surface area contributed by atoms with E-state index in [1.54, 1.807) is 18.2 Å². The van der Waals surface area contributed by atoms with E-state index in [2.05, 4.69) is 6.92 Å². The van der Waals surface area contributed by atoms with Crippen LogP contribution in [0.5, 0.6) is 0 Å². The number of hydrogen-bond donors (Lipinski definition) is 0. The Balaban J connectivity index is 4.82. The van der Waals surface area contributed by atoms with Gasteiger partial charge >= 0.3 is 0 Å². The van der Waals surface area contributed by atoms with Crippen LogP contribution in [-0.2, 0) is 9.59 Å².